The summed E-state index contributed by atoms with van der Waals surface area (Å²) < 4.78 is 0. The Bertz CT molecular complexity index is 976. The predicted molar refractivity (Wildman–Crippen MR) is 131 cm³/mol. The van der Waals surface area contributed by atoms with Gasteiger partial charge in [-0.3, -0.25) is 9.59 Å². The highest BCUT2D eigenvalue weighted by molar-refractivity contribution is 7.17. The van der Waals surface area contributed by atoms with Gasteiger partial charge in [-0.2, -0.15) is 0 Å². The predicted octanol–water partition coefficient (Wildman–Crippen LogP) is 6.70. The van der Waals surface area contributed by atoms with Crippen LogP contribution >= 0.6 is 11.3 Å². The second kappa shape index (κ2) is 8.78. The summed E-state index contributed by atoms with van der Waals surface area (Å²) in [6, 6.07) is 7.91. The zero-order valence-corrected chi connectivity index (χ0v) is 20.8. The highest BCUT2D eigenvalue weighted by atomic mass is 32.1. The summed E-state index contributed by atoms with van der Waals surface area (Å²) in [5, 5.41) is 6.89. The maximum atomic E-state index is 13.5. The molecule has 1 aliphatic rings. The third-order valence-corrected chi connectivity index (χ3v) is 7.44. The van der Waals surface area contributed by atoms with Crippen molar-refractivity contribution in [1.82, 2.24) is 0 Å². The summed E-state index contributed by atoms with van der Waals surface area (Å²) in [5.41, 5.74) is 3.40. The number of nitrogens with one attached hydrogen (secondary N) is 2. The molecule has 0 spiro atoms. The minimum atomic E-state index is -0.527. The molecular weight excluding hydrogens is 404 g/mol. The lowest BCUT2D eigenvalue weighted by atomic mass is 9.72. The van der Waals surface area contributed by atoms with E-state index in [1.165, 1.54) is 4.88 Å². The highest BCUT2D eigenvalue weighted by Gasteiger charge is 2.35. The minimum absolute atomic E-state index is 0.0681. The lowest BCUT2D eigenvalue weighted by Crippen LogP contribution is -2.29. The quantitative estimate of drug-likeness (QED) is 0.556. The van der Waals surface area contributed by atoms with Crippen LogP contribution in [0.5, 0.6) is 0 Å². The van der Waals surface area contributed by atoms with Crippen LogP contribution in [-0.4, -0.2) is 11.8 Å². The number of thiophene rings is 1. The minimum Gasteiger partial charge on any atom is -0.322 e. The summed E-state index contributed by atoms with van der Waals surface area (Å²) in [7, 11) is 0. The molecule has 31 heavy (non-hydrogen) atoms. The molecule has 1 aromatic carbocycles. The number of hydrogen-bond donors (Lipinski definition) is 2. The van der Waals surface area contributed by atoms with E-state index in [1.54, 1.807) is 11.3 Å². The fourth-order valence-corrected chi connectivity index (χ4v) is 5.40. The number of aryl methyl sites for hydroxylation is 1. The number of para-hydroxylation sites is 1. The van der Waals surface area contributed by atoms with Crippen LogP contribution in [0.25, 0.3) is 0 Å². The highest BCUT2D eigenvalue weighted by Crippen LogP contribution is 2.44. The number of hydrogen-bond acceptors (Lipinski definition) is 3. The zero-order chi connectivity index (χ0) is 23.0. The molecule has 0 saturated heterocycles. The molecule has 0 radical (unpaired) electrons. The molecule has 1 heterocycles. The molecule has 1 unspecified atom stereocenters. The van der Waals surface area contributed by atoms with E-state index < -0.39 is 5.41 Å². The second-order valence-electron chi connectivity index (χ2n) is 10.7. The van der Waals surface area contributed by atoms with Gasteiger partial charge < -0.3 is 10.6 Å². The zero-order valence-electron chi connectivity index (χ0n) is 19.9. The number of amides is 2. The average Bonchev–Trinajstić information content (AvgIpc) is 3.04. The first-order chi connectivity index (χ1) is 14.4. The van der Waals surface area contributed by atoms with E-state index in [4.69, 9.17) is 0 Å². The summed E-state index contributed by atoms with van der Waals surface area (Å²) >= 11 is 1.58. The van der Waals surface area contributed by atoms with Crippen LogP contribution in [0.4, 0.5) is 10.7 Å². The van der Waals surface area contributed by atoms with Gasteiger partial charge in [0.15, 0.2) is 0 Å². The molecule has 168 valence electrons. The Labute approximate surface area is 190 Å². The number of carbonyl (C=O) groups excluding carboxylic acids is 2. The van der Waals surface area contributed by atoms with Crippen molar-refractivity contribution in [2.75, 3.05) is 10.6 Å². The molecule has 1 aliphatic carbocycles. The standard InChI is InChI=1S/C26H36N2O2S/c1-8-16-11-9-10-12-19(16)27-22(29)21-18-14-13-17(25(2,3)4)15-20(18)31-23(21)28-24(30)26(5,6)7/h9-12,17H,8,13-15H2,1-7H3,(H,27,29)(H,28,30). The SMILES string of the molecule is CCc1ccccc1NC(=O)c1c(NC(=O)C(C)(C)C)sc2c1CCC(C(C)(C)C)C2. The van der Waals surface area contributed by atoms with Crippen LogP contribution in [0, 0.1) is 16.7 Å². The molecule has 0 saturated carbocycles. The fraction of sp³-hybridized carbons (Fsp3) is 0.538. The topological polar surface area (TPSA) is 58.2 Å². The maximum absolute atomic E-state index is 13.5. The Hall–Kier alpha value is -2.14. The Morgan fingerprint density at radius 1 is 1.06 bits per heavy atom. The Balaban J connectivity index is 2.00. The van der Waals surface area contributed by atoms with Gasteiger partial charge in [0.05, 0.1) is 5.56 Å². The monoisotopic (exact) mass is 440 g/mol. The van der Waals surface area contributed by atoms with Crippen LogP contribution < -0.4 is 10.6 Å². The van der Waals surface area contributed by atoms with Gasteiger partial charge in [-0.25, -0.2) is 0 Å². The van der Waals surface area contributed by atoms with Crippen molar-refractivity contribution in [3.63, 3.8) is 0 Å². The summed E-state index contributed by atoms with van der Waals surface area (Å²) in [5.74, 6) is 0.375. The van der Waals surface area contributed by atoms with E-state index in [0.717, 1.165) is 42.5 Å². The average molecular weight is 441 g/mol. The largest absolute Gasteiger partial charge is 0.322 e. The number of anilines is 2. The Kier molecular flexibility index (Phi) is 6.66. The first-order valence-electron chi connectivity index (χ1n) is 11.3. The van der Waals surface area contributed by atoms with E-state index >= 15 is 0 Å². The van der Waals surface area contributed by atoms with Crippen molar-refractivity contribution < 1.29 is 9.59 Å². The van der Waals surface area contributed by atoms with Crippen LogP contribution in [-0.2, 0) is 24.1 Å². The van der Waals surface area contributed by atoms with Crippen molar-refractivity contribution in [3.05, 3.63) is 45.8 Å². The van der Waals surface area contributed by atoms with Gasteiger partial charge in [-0.15, -0.1) is 11.3 Å². The van der Waals surface area contributed by atoms with Gasteiger partial charge in [0.1, 0.15) is 5.00 Å². The molecule has 2 aromatic rings. The number of benzene rings is 1. The first-order valence-corrected chi connectivity index (χ1v) is 12.1. The molecular formula is C26H36N2O2S. The van der Waals surface area contributed by atoms with Crippen LogP contribution in [0.3, 0.4) is 0 Å². The van der Waals surface area contributed by atoms with Gasteiger partial charge in [-0.05, 0) is 54.2 Å². The van der Waals surface area contributed by atoms with Gasteiger partial charge in [0.2, 0.25) is 5.91 Å². The van der Waals surface area contributed by atoms with Crippen molar-refractivity contribution in [2.45, 2.75) is 74.1 Å². The van der Waals surface area contributed by atoms with Crippen molar-refractivity contribution in [1.29, 1.82) is 0 Å². The molecule has 2 amide bonds. The Morgan fingerprint density at radius 2 is 1.74 bits per heavy atom. The molecule has 0 bridgehead atoms. The summed E-state index contributed by atoms with van der Waals surface area (Å²) in [6.07, 6.45) is 3.74. The van der Waals surface area contributed by atoms with Gasteiger partial charge in [0.25, 0.3) is 5.91 Å². The lowest BCUT2D eigenvalue weighted by molar-refractivity contribution is -0.123. The van der Waals surface area contributed by atoms with Crippen LogP contribution in [0.2, 0.25) is 0 Å². The van der Waals surface area contributed by atoms with Crippen LogP contribution in [0.1, 0.15) is 81.2 Å². The summed E-state index contributed by atoms with van der Waals surface area (Å²) in [6.45, 7) is 14.6. The molecule has 0 fully saturated rings. The second-order valence-corrected chi connectivity index (χ2v) is 11.8. The van der Waals surface area contributed by atoms with Gasteiger partial charge >= 0.3 is 0 Å². The van der Waals surface area contributed by atoms with E-state index in [2.05, 4.69) is 38.3 Å². The maximum Gasteiger partial charge on any atom is 0.258 e. The normalized spacial score (nSPS) is 16.5. The number of fused-ring (bicyclic) bond motifs is 1. The molecule has 2 N–H and O–H groups in total. The van der Waals surface area contributed by atoms with Gasteiger partial charge in [-0.1, -0.05) is 66.7 Å². The Morgan fingerprint density at radius 3 is 2.35 bits per heavy atom. The first kappa shape index (κ1) is 23.5. The van der Waals surface area contributed by atoms with E-state index in [0.29, 0.717) is 16.5 Å². The third-order valence-electron chi connectivity index (χ3n) is 6.27. The third kappa shape index (κ3) is 5.20. The molecule has 4 nitrogen and oxygen atoms in total. The van der Waals surface area contributed by atoms with Crippen molar-refractivity contribution in [3.8, 4) is 0 Å². The van der Waals surface area contributed by atoms with Crippen LogP contribution in [0.15, 0.2) is 24.3 Å². The molecule has 1 aromatic heterocycles. The fourth-order valence-electron chi connectivity index (χ4n) is 4.08. The van der Waals surface area contributed by atoms with E-state index in [9.17, 15) is 9.59 Å². The number of carbonyl (C=O) groups is 2. The lowest BCUT2D eigenvalue weighted by Gasteiger charge is -2.33. The number of rotatable bonds is 4. The van der Waals surface area contributed by atoms with E-state index in [1.807, 2.05) is 45.0 Å². The molecule has 0 aliphatic heterocycles. The molecule has 3 rings (SSSR count). The smallest absolute Gasteiger partial charge is 0.258 e. The summed E-state index contributed by atoms with van der Waals surface area (Å²) in [4.78, 5) is 27.5. The van der Waals surface area contributed by atoms with Crippen molar-refractivity contribution in [2.24, 2.45) is 16.7 Å². The van der Waals surface area contributed by atoms with Crippen molar-refractivity contribution >= 4 is 33.8 Å². The van der Waals surface area contributed by atoms with E-state index in [-0.39, 0.29) is 17.2 Å². The van der Waals surface area contributed by atoms with Gasteiger partial charge in [0, 0.05) is 16.0 Å². The molecule has 1 atom stereocenters. The molecule has 5 heteroatoms.